The Bertz CT molecular complexity index is 3350. The predicted molar refractivity (Wildman–Crippen MR) is 302 cm³/mol. The maximum absolute atomic E-state index is 16.7. The Labute approximate surface area is 466 Å². The van der Waals surface area contributed by atoms with Crippen LogP contribution in [0.4, 0.5) is 25.8 Å². The molecule has 6 aromatic rings. The molecule has 5 fully saturated rings. The van der Waals surface area contributed by atoms with Crippen LogP contribution in [0.3, 0.4) is 0 Å². The number of piperazine rings is 1. The molecule has 5 aliphatic rings. The minimum absolute atomic E-state index is 0.0838. The number of carbonyl (C=O) groups excluding carboxylic acids is 1. The van der Waals surface area contributed by atoms with E-state index in [9.17, 15) is 23.3 Å². The minimum atomic E-state index is -4.79. The van der Waals surface area contributed by atoms with Crippen molar-refractivity contribution in [2.45, 2.75) is 107 Å². The van der Waals surface area contributed by atoms with Gasteiger partial charge >= 0.3 is 0 Å². The first-order chi connectivity index (χ1) is 38.5. The van der Waals surface area contributed by atoms with Gasteiger partial charge in [-0.25, -0.2) is 26.9 Å². The highest BCUT2D eigenvalue weighted by Crippen LogP contribution is 2.54. The van der Waals surface area contributed by atoms with Crippen molar-refractivity contribution >= 4 is 44.0 Å². The number of pyridine rings is 1. The van der Waals surface area contributed by atoms with Gasteiger partial charge in [-0.05, 0) is 122 Å². The Balaban J connectivity index is 0.790. The summed E-state index contributed by atoms with van der Waals surface area (Å²) in [5.74, 6) is -0.543. The highest BCUT2D eigenvalue weighted by molar-refractivity contribution is 7.90. The van der Waals surface area contributed by atoms with Crippen molar-refractivity contribution < 1.29 is 41.1 Å². The van der Waals surface area contributed by atoms with Gasteiger partial charge in [-0.2, -0.15) is 0 Å². The zero-order valence-electron chi connectivity index (χ0n) is 45.7. The Morgan fingerprint density at radius 2 is 1.69 bits per heavy atom. The van der Waals surface area contributed by atoms with Gasteiger partial charge in [0.05, 0.1) is 34.4 Å². The van der Waals surface area contributed by atoms with E-state index in [0.29, 0.717) is 36.1 Å². The molecule has 1 saturated carbocycles. The molecule has 4 aliphatic heterocycles. The van der Waals surface area contributed by atoms with Crippen LogP contribution in [0.2, 0.25) is 0 Å². The van der Waals surface area contributed by atoms with Crippen molar-refractivity contribution in [2.75, 3.05) is 82.9 Å². The van der Waals surface area contributed by atoms with E-state index < -0.39 is 48.5 Å². The van der Waals surface area contributed by atoms with Crippen LogP contribution in [0.15, 0.2) is 102 Å². The smallest absolute Gasteiger partial charge is 0.293 e. The second kappa shape index (κ2) is 23.0. The van der Waals surface area contributed by atoms with Crippen molar-refractivity contribution in [1.82, 2.24) is 29.4 Å². The van der Waals surface area contributed by atoms with Gasteiger partial charge in [-0.3, -0.25) is 29.6 Å². The Morgan fingerprint density at radius 1 is 0.912 bits per heavy atom. The highest BCUT2D eigenvalue weighted by Gasteiger charge is 2.50. The van der Waals surface area contributed by atoms with Crippen LogP contribution >= 0.6 is 0 Å². The fraction of sp³-hybridized carbons (Fsp3) is 0.467. The number of aromatic nitrogens is 2. The van der Waals surface area contributed by atoms with Gasteiger partial charge in [-0.15, -0.1) is 0 Å². The number of likely N-dealkylation sites (tertiary alicyclic amines) is 1. The molecule has 20 heteroatoms. The third kappa shape index (κ3) is 11.9. The molecular formula is C60H71F2N9O8S. The molecule has 11 rings (SSSR count). The molecule has 1 atom stereocenters. The number of methoxy groups -OCH3 is 1. The summed E-state index contributed by atoms with van der Waals surface area (Å²) in [4.78, 5) is 42.2. The monoisotopic (exact) mass is 1120 g/mol. The Hall–Kier alpha value is -6.71. The molecule has 3 N–H and O–H groups in total. The summed E-state index contributed by atoms with van der Waals surface area (Å²) in [6.45, 7) is 12.7. The average molecular weight is 1120 g/mol. The van der Waals surface area contributed by atoms with Gasteiger partial charge in [0.15, 0.2) is 0 Å². The number of benzene rings is 4. The highest BCUT2D eigenvalue weighted by atomic mass is 32.2. The number of halogens is 2. The van der Waals surface area contributed by atoms with E-state index >= 15 is 8.78 Å². The number of rotatable bonds is 18. The number of sulfonamides is 1. The molecular weight excluding hydrogens is 1040 g/mol. The van der Waals surface area contributed by atoms with Crippen LogP contribution < -0.4 is 24.4 Å². The molecule has 0 bridgehead atoms. The SMILES string of the molecule is COc1ccc(CN2CCN(C3CC4(CCN(c5cc(Oc6cnc7[nH]ccc7c6)c(C(=O)NS(=O)(=O)c6ccc(NCC7(F)CCOCC7)c([N+](=O)[O-])c6)cc5F)CC4)C3)C(c3ccccc3C(C)C)C2)cc1CN1CCCC1. The molecule has 0 radical (unpaired) electrons. The molecule has 4 saturated heterocycles. The number of hydrogen-bond donors (Lipinski definition) is 3. The van der Waals surface area contributed by atoms with E-state index in [2.05, 4.69) is 86.3 Å². The van der Waals surface area contributed by atoms with E-state index in [1.807, 2.05) is 9.62 Å². The average Bonchev–Trinajstić information content (AvgIpc) is 4.25. The number of nitrogens with one attached hydrogen (secondary N) is 3. The van der Waals surface area contributed by atoms with Crippen LogP contribution in [0.1, 0.15) is 110 Å². The lowest BCUT2D eigenvalue weighted by Crippen LogP contribution is -2.60. The first-order valence-electron chi connectivity index (χ1n) is 28.1. The quantitative estimate of drug-likeness (QED) is 0.0545. The number of hydrogen-bond acceptors (Lipinski definition) is 14. The lowest BCUT2D eigenvalue weighted by atomic mass is 9.59. The minimum Gasteiger partial charge on any atom is -0.496 e. The third-order valence-corrected chi connectivity index (χ3v) is 18.7. The van der Waals surface area contributed by atoms with Crippen LogP contribution in [-0.2, 0) is 27.8 Å². The van der Waals surface area contributed by atoms with Gasteiger partial charge in [0, 0.05) is 120 Å². The van der Waals surface area contributed by atoms with Crippen molar-refractivity contribution in [1.29, 1.82) is 0 Å². The lowest BCUT2D eigenvalue weighted by Gasteiger charge is -2.58. The summed E-state index contributed by atoms with van der Waals surface area (Å²) in [5.41, 5.74) is 3.38. The van der Waals surface area contributed by atoms with Crippen LogP contribution in [0, 0.1) is 21.3 Å². The number of carbonyl (C=O) groups is 1. The summed E-state index contributed by atoms with van der Waals surface area (Å²) in [5, 5.41) is 15.7. The van der Waals surface area contributed by atoms with Gasteiger partial charge in [0.25, 0.3) is 21.6 Å². The molecule has 6 heterocycles. The number of fused-ring (bicyclic) bond motifs is 1. The first-order valence-corrected chi connectivity index (χ1v) is 29.5. The topological polar surface area (TPSA) is 188 Å². The number of piperidine rings is 1. The fourth-order valence-corrected chi connectivity index (χ4v) is 13.9. The van der Waals surface area contributed by atoms with Gasteiger partial charge in [0.1, 0.15) is 40.1 Å². The van der Waals surface area contributed by atoms with E-state index in [0.717, 1.165) is 102 Å². The summed E-state index contributed by atoms with van der Waals surface area (Å²) in [7, 11) is -3.03. The lowest BCUT2D eigenvalue weighted by molar-refractivity contribution is -0.384. The second-order valence-corrected chi connectivity index (χ2v) is 24.6. The molecule has 424 valence electrons. The summed E-state index contributed by atoms with van der Waals surface area (Å²) < 4.78 is 79.0. The van der Waals surface area contributed by atoms with E-state index in [1.165, 1.54) is 47.4 Å². The number of nitro benzene ring substituents is 1. The van der Waals surface area contributed by atoms with Crippen molar-refractivity contribution in [2.24, 2.45) is 5.41 Å². The number of aromatic amines is 1. The van der Waals surface area contributed by atoms with Crippen LogP contribution in [0.25, 0.3) is 11.0 Å². The van der Waals surface area contributed by atoms with Crippen LogP contribution in [0.5, 0.6) is 17.2 Å². The van der Waals surface area contributed by atoms with Gasteiger partial charge in [-0.1, -0.05) is 44.2 Å². The van der Waals surface area contributed by atoms with E-state index in [1.54, 1.807) is 25.4 Å². The molecule has 1 unspecified atom stereocenters. The van der Waals surface area contributed by atoms with Crippen LogP contribution in [-0.4, -0.2) is 128 Å². The number of H-pyrrole nitrogens is 1. The largest absolute Gasteiger partial charge is 0.496 e. The maximum atomic E-state index is 16.7. The van der Waals surface area contributed by atoms with Crippen molar-refractivity contribution in [3.05, 3.63) is 141 Å². The molecule has 1 spiro atoms. The first kappa shape index (κ1) is 55.2. The molecule has 4 aromatic carbocycles. The Morgan fingerprint density at radius 3 is 2.44 bits per heavy atom. The molecule has 2 aromatic heterocycles. The fourth-order valence-electron chi connectivity index (χ4n) is 12.9. The summed E-state index contributed by atoms with van der Waals surface area (Å²) >= 11 is 0. The van der Waals surface area contributed by atoms with Crippen molar-refractivity contribution in [3.8, 4) is 17.2 Å². The number of ether oxygens (including phenoxy) is 3. The zero-order valence-corrected chi connectivity index (χ0v) is 46.5. The predicted octanol–water partition coefficient (Wildman–Crippen LogP) is 10.5. The Kier molecular flexibility index (Phi) is 15.9. The normalized spacial score (nSPS) is 20.0. The van der Waals surface area contributed by atoms with E-state index in [-0.39, 0.29) is 66.9 Å². The third-order valence-electron chi connectivity index (χ3n) is 17.4. The molecule has 1 amide bonds. The second-order valence-electron chi connectivity index (χ2n) is 22.9. The van der Waals surface area contributed by atoms with Gasteiger partial charge in [0.2, 0.25) is 0 Å². The number of amides is 1. The standard InChI is InChI=1S/C60H71F2N9O8S/c1-40(2)47-8-4-5-9-48(47)54-38-68(36-41-10-13-55(77-3)43(28-41)37-67-20-6-7-21-67)24-25-70(54)44-33-59(34-44)15-22-69(23-16-59)52-32-56(79-45-29-42-14-19-63-57(42)64-35-45)49(31-50(52)61)58(72)66-80(75,76)46-11-12-51(53(30-46)71(73)74)65-39-60(62)17-26-78-27-18-60/h4-5,8-14,19,28-32,35,40,44,54,65H,6-7,15-18,20-27,33-34,36-39H2,1-3H3,(H,63,64)(H,66,72). The molecule has 1 aliphatic carbocycles. The van der Waals surface area contributed by atoms with E-state index in [4.69, 9.17) is 14.2 Å². The van der Waals surface area contributed by atoms with Gasteiger partial charge < -0.3 is 29.4 Å². The number of alkyl halides is 1. The van der Waals surface area contributed by atoms with Crippen molar-refractivity contribution in [3.63, 3.8) is 0 Å². The molecule has 80 heavy (non-hydrogen) atoms. The number of anilines is 2. The number of nitrogens with zero attached hydrogens (tertiary/aromatic N) is 6. The molecule has 17 nitrogen and oxygen atoms in total. The number of nitro groups is 1. The maximum Gasteiger partial charge on any atom is 0.293 e. The summed E-state index contributed by atoms with van der Waals surface area (Å²) in [6, 6.07) is 25.1. The summed E-state index contributed by atoms with van der Waals surface area (Å²) in [6.07, 6.45) is 9.58. The zero-order chi connectivity index (χ0) is 55.8.